The standard InChI is InChI=1S/C86H168O17P2/c1-7-10-12-14-16-18-20-22-24-25-26-27-28-29-30-35-39-43-47-51-59-65-71-85(90)102-81(74-96-83(88)68-62-56-49-45-41-38-34-32-31-33-36-40-44-48-54-60-66-78(4)5)76-100-104(92,93)98-72-80(87)73-99-105(94,95)101-77-82(75-97-84(89)69-63-57-53-52-55-61-67-79(6)9-3)103-86(91)70-64-58-50-46-42-37-23-21-19-17-15-13-11-8-2/h78-82,87H,7-77H2,1-6H3,(H,92,93)(H,94,95)/t79?,80-,81-,82-/m1/s1. The third-order valence-corrected chi connectivity index (χ3v) is 22.5. The average Bonchev–Trinajstić information content (AvgIpc) is 0.911. The molecular weight excluding hydrogens is 1370 g/mol. The molecule has 3 N–H and O–H groups in total. The van der Waals surface area contributed by atoms with Gasteiger partial charge in [-0.1, -0.05) is 408 Å². The van der Waals surface area contributed by atoms with Gasteiger partial charge in [0.1, 0.15) is 19.3 Å². The molecule has 0 aliphatic heterocycles. The lowest BCUT2D eigenvalue weighted by atomic mass is 10.00. The molecule has 0 saturated heterocycles. The molecule has 0 spiro atoms. The number of unbranched alkanes of at least 4 members (excludes halogenated alkanes) is 54. The van der Waals surface area contributed by atoms with Gasteiger partial charge in [-0.2, -0.15) is 0 Å². The summed E-state index contributed by atoms with van der Waals surface area (Å²) in [6.45, 7) is 9.66. The number of phosphoric acid groups is 2. The van der Waals surface area contributed by atoms with Gasteiger partial charge in [0.25, 0.3) is 0 Å². The Morgan fingerprint density at radius 1 is 0.276 bits per heavy atom. The van der Waals surface area contributed by atoms with Crippen molar-refractivity contribution >= 4 is 39.5 Å². The number of aliphatic hydroxyl groups excluding tert-OH is 1. The fourth-order valence-electron chi connectivity index (χ4n) is 13.4. The number of hydrogen-bond acceptors (Lipinski definition) is 15. The summed E-state index contributed by atoms with van der Waals surface area (Å²) in [4.78, 5) is 73.2. The number of esters is 4. The molecule has 17 nitrogen and oxygen atoms in total. The number of phosphoric ester groups is 2. The van der Waals surface area contributed by atoms with Crippen molar-refractivity contribution in [2.24, 2.45) is 11.8 Å². The van der Waals surface area contributed by atoms with Gasteiger partial charge in [-0.05, 0) is 37.5 Å². The Balaban J connectivity index is 5.21. The number of rotatable bonds is 85. The van der Waals surface area contributed by atoms with E-state index in [9.17, 15) is 43.2 Å². The predicted octanol–water partition coefficient (Wildman–Crippen LogP) is 26.2. The summed E-state index contributed by atoms with van der Waals surface area (Å²) < 4.78 is 68.9. The van der Waals surface area contributed by atoms with Crippen molar-refractivity contribution in [3.8, 4) is 0 Å². The van der Waals surface area contributed by atoms with Crippen LogP contribution in [0.5, 0.6) is 0 Å². The van der Waals surface area contributed by atoms with Crippen LogP contribution in [0, 0.1) is 11.8 Å². The first-order valence-electron chi connectivity index (χ1n) is 44.5. The number of hydrogen-bond donors (Lipinski definition) is 3. The summed E-state index contributed by atoms with van der Waals surface area (Å²) in [5, 5.41) is 10.7. The van der Waals surface area contributed by atoms with E-state index < -0.39 is 97.5 Å². The lowest BCUT2D eigenvalue weighted by molar-refractivity contribution is -0.161. The fourth-order valence-corrected chi connectivity index (χ4v) is 15.0. The Morgan fingerprint density at radius 3 is 0.724 bits per heavy atom. The highest BCUT2D eigenvalue weighted by Crippen LogP contribution is 2.45. The minimum Gasteiger partial charge on any atom is -0.462 e. The lowest BCUT2D eigenvalue weighted by Gasteiger charge is -2.21. The Kier molecular flexibility index (Phi) is 76.0. The number of carbonyl (C=O) groups excluding carboxylic acids is 4. The zero-order valence-electron chi connectivity index (χ0n) is 69.0. The summed E-state index contributed by atoms with van der Waals surface area (Å²) in [5.74, 6) is -0.560. The van der Waals surface area contributed by atoms with E-state index in [4.69, 9.17) is 37.0 Å². The van der Waals surface area contributed by atoms with Crippen LogP contribution in [0.3, 0.4) is 0 Å². The highest BCUT2D eigenvalue weighted by Gasteiger charge is 2.30. The molecule has 6 atom stereocenters. The van der Waals surface area contributed by atoms with Crippen LogP contribution in [-0.2, 0) is 65.4 Å². The molecule has 19 heteroatoms. The van der Waals surface area contributed by atoms with Crippen molar-refractivity contribution in [2.75, 3.05) is 39.6 Å². The summed E-state index contributed by atoms with van der Waals surface area (Å²) in [6.07, 6.45) is 69.6. The minimum absolute atomic E-state index is 0.107. The van der Waals surface area contributed by atoms with E-state index in [1.54, 1.807) is 0 Å². The Morgan fingerprint density at radius 2 is 0.486 bits per heavy atom. The maximum atomic E-state index is 13.1. The van der Waals surface area contributed by atoms with E-state index in [1.165, 1.54) is 270 Å². The highest BCUT2D eigenvalue weighted by molar-refractivity contribution is 7.47. The van der Waals surface area contributed by atoms with Crippen molar-refractivity contribution in [1.82, 2.24) is 0 Å². The molecule has 105 heavy (non-hydrogen) atoms. The Bertz CT molecular complexity index is 2010. The number of carbonyl (C=O) groups is 4. The number of aliphatic hydroxyl groups is 1. The van der Waals surface area contributed by atoms with Gasteiger partial charge >= 0.3 is 39.5 Å². The molecule has 0 aromatic rings. The summed E-state index contributed by atoms with van der Waals surface area (Å²) in [7, 11) is -9.93. The van der Waals surface area contributed by atoms with Gasteiger partial charge in [0.05, 0.1) is 26.4 Å². The van der Waals surface area contributed by atoms with E-state index >= 15 is 0 Å². The largest absolute Gasteiger partial charge is 0.472 e. The van der Waals surface area contributed by atoms with Gasteiger partial charge in [0.2, 0.25) is 0 Å². The summed E-state index contributed by atoms with van der Waals surface area (Å²) in [5.41, 5.74) is 0. The van der Waals surface area contributed by atoms with Crippen molar-refractivity contribution < 1.29 is 80.2 Å². The van der Waals surface area contributed by atoms with Gasteiger partial charge in [-0.3, -0.25) is 37.3 Å². The van der Waals surface area contributed by atoms with Crippen LogP contribution in [0.4, 0.5) is 0 Å². The molecule has 624 valence electrons. The quantitative estimate of drug-likeness (QED) is 0.0222. The van der Waals surface area contributed by atoms with Crippen LogP contribution in [0.2, 0.25) is 0 Å². The maximum Gasteiger partial charge on any atom is 0.472 e. The second kappa shape index (κ2) is 77.4. The maximum absolute atomic E-state index is 13.1. The van der Waals surface area contributed by atoms with E-state index in [0.29, 0.717) is 25.7 Å². The number of ether oxygens (including phenoxy) is 4. The Labute approximate surface area is 645 Å². The van der Waals surface area contributed by atoms with Crippen molar-refractivity contribution in [3.63, 3.8) is 0 Å². The van der Waals surface area contributed by atoms with Gasteiger partial charge in [0.15, 0.2) is 12.2 Å². The zero-order valence-corrected chi connectivity index (χ0v) is 70.8. The van der Waals surface area contributed by atoms with E-state index in [0.717, 1.165) is 108 Å². The molecular formula is C86H168O17P2. The first-order chi connectivity index (χ1) is 50.9. The van der Waals surface area contributed by atoms with E-state index in [2.05, 4.69) is 41.5 Å². The molecule has 0 fully saturated rings. The third kappa shape index (κ3) is 78.5. The minimum atomic E-state index is -4.97. The molecule has 3 unspecified atom stereocenters. The molecule has 0 amide bonds. The highest BCUT2D eigenvalue weighted by atomic mass is 31.2. The monoisotopic (exact) mass is 1540 g/mol. The zero-order chi connectivity index (χ0) is 77.1. The molecule has 0 radical (unpaired) electrons. The Hall–Kier alpha value is -1.94. The first kappa shape index (κ1) is 103. The lowest BCUT2D eigenvalue weighted by Crippen LogP contribution is -2.30. The van der Waals surface area contributed by atoms with E-state index in [-0.39, 0.29) is 25.7 Å². The second-order valence-electron chi connectivity index (χ2n) is 31.6. The molecule has 0 aliphatic rings. The molecule has 0 aromatic carbocycles. The molecule has 0 heterocycles. The van der Waals surface area contributed by atoms with Crippen LogP contribution < -0.4 is 0 Å². The topological polar surface area (TPSA) is 237 Å². The predicted molar refractivity (Wildman–Crippen MR) is 432 cm³/mol. The smallest absolute Gasteiger partial charge is 0.462 e. The fraction of sp³-hybridized carbons (Fsp3) is 0.953. The summed E-state index contributed by atoms with van der Waals surface area (Å²) >= 11 is 0. The first-order valence-corrected chi connectivity index (χ1v) is 47.5. The SMILES string of the molecule is CCCCCCCCCCCCCCCCCCCCCCCCC(=O)O[C@H](COC(=O)CCCCCCCCCCCCCCCCCCC(C)C)COP(=O)(O)OC[C@@H](O)COP(=O)(O)OC[C@@H](COC(=O)CCCCCCCCC(C)CC)OC(=O)CCCCCCCCCCCCCCCC. The van der Waals surface area contributed by atoms with Gasteiger partial charge < -0.3 is 33.8 Å². The molecule has 0 saturated carbocycles. The van der Waals surface area contributed by atoms with E-state index in [1.807, 2.05) is 0 Å². The van der Waals surface area contributed by atoms with Crippen LogP contribution in [0.15, 0.2) is 0 Å². The average molecular weight is 1540 g/mol. The normalized spacial score (nSPS) is 14.1. The third-order valence-electron chi connectivity index (χ3n) is 20.6. The van der Waals surface area contributed by atoms with Gasteiger partial charge in [-0.15, -0.1) is 0 Å². The van der Waals surface area contributed by atoms with Crippen LogP contribution in [-0.4, -0.2) is 96.7 Å². The van der Waals surface area contributed by atoms with Crippen molar-refractivity contribution in [1.29, 1.82) is 0 Å². The molecule has 0 bridgehead atoms. The summed E-state index contributed by atoms with van der Waals surface area (Å²) in [6, 6.07) is 0. The second-order valence-corrected chi connectivity index (χ2v) is 34.6. The van der Waals surface area contributed by atoms with Gasteiger partial charge in [-0.25, -0.2) is 9.13 Å². The molecule has 0 aliphatic carbocycles. The van der Waals surface area contributed by atoms with Crippen molar-refractivity contribution in [3.05, 3.63) is 0 Å². The van der Waals surface area contributed by atoms with Crippen molar-refractivity contribution in [2.45, 2.75) is 477 Å². The molecule has 0 rings (SSSR count). The van der Waals surface area contributed by atoms with Gasteiger partial charge in [0, 0.05) is 25.7 Å². The van der Waals surface area contributed by atoms with Crippen LogP contribution in [0.1, 0.15) is 459 Å². The molecule has 0 aromatic heterocycles. The van der Waals surface area contributed by atoms with Crippen LogP contribution >= 0.6 is 15.6 Å². The van der Waals surface area contributed by atoms with Crippen LogP contribution in [0.25, 0.3) is 0 Å².